The first-order chi connectivity index (χ1) is 11.2. The lowest BCUT2D eigenvalue weighted by molar-refractivity contribution is 0.966. The lowest BCUT2D eigenvalue weighted by Crippen LogP contribution is -2.05. The van der Waals surface area contributed by atoms with Gasteiger partial charge < -0.3 is 10.6 Å². The normalized spacial score (nSPS) is 10.3. The third kappa shape index (κ3) is 4.64. The molecule has 0 bridgehead atoms. The number of halogens is 2. The third-order valence-corrected chi connectivity index (χ3v) is 3.77. The summed E-state index contributed by atoms with van der Waals surface area (Å²) in [6.07, 6.45) is 1.59. The molecule has 1 aromatic heterocycles. The number of anilines is 3. The molecule has 0 spiro atoms. The van der Waals surface area contributed by atoms with Crippen LogP contribution in [0.25, 0.3) is 0 Å². The van der Waals surface area contributed by atoms with Crippen LogP contribution < -0.4 is 10.6 Å². The fourth-order valence-electron chi connectivity index (χ4n) is 1.93. The largest absolute Gasteiger partial charge is 0.365 e. The minimum Gasteiger partial charge on any atom is -0.365 e. The van der Waals surface area contributed by atoms with Gasteiger partial charge in [0.2, 0.25) is 5.95 Å². The van der Waals surface area contributed by atoms with Crippen molar-refractivity contribution in [3.8, 4) is 0 Å². The SMILES string of the molecule is Clc1ccc(CNc2cnnc(Nc3cccc(Br)c3)n2)cc1. The van der Waals surface area contributed by atoms with Gasteiger partial charge in [-0.05, 0) is 35.9 Å². The van der Waals surface area contributed by atoms with Crippen LogP contribution >= 0.6 is 27.5 Å². The van der Waals surface area contributed by atoms with E-state index in [1.54, 1.807) is 6.20 Å². The van der Waals surface area contributed by atoms with Gasteiger partial charge in [0.25, 0.3) is 0 Å². The average molecular weight is 391 g/mol. The van der Waals surface area contributed by atoms with Crippen molar-refractivity contribution < 1.29 is 0 Å². The van der Waals surface area contributed by atoms with E-state index < -0.39 is 0 Å². The van der Waals surface area contributed by atoms with E-state index >= 15 is 0 Å². The van der Waals surface area contributed by atoms with E-state index in [-0.39, 0.29) is 0 Å². The predicted octanol–water partition coefficient (Wildman–Crippen LogP) is 4.64. The Morgan fingerprint density at radius 1 is 1.09 bits per heavy atom. The summed E-state index contributed by atoms with van der Waals surface area (Å²) in [4.78, 5) is 4.39. The molecule has 2 N–H and O–H groups in total. The second-order valence-corrected chi connectivity index (χ2v) is 6.13. The molecule has 116 valence electrons. The first kappa shape index (κ1) is 15.7. The van der Waals surface area contributed by atoms with Crippen molar-refractivity contribution in [3.63, 3.8) is 0 Å². The smallest absolute Gasteiger partial charge is 0.249 e. The molecule has 0 saturated heterocycles. The fraction of sp³-hybridized carbons (Fsp3) is 0.0625. The van der Waals surface area contributed by atoms with E-state index in [0.29, 0.717) is 18.3 Å². The molecule has 0 atom stereocenters. The average Bonchev–Trinajstić information content (AvgIpc) is 2.55. The number of hydrogen-bond donors (Lipinski definition) is 2. The van der Waals surface area contributed by atoms with E-state index in [2.05, 4.69) is 41.7 Å². The van der Waals surface area contributed by atoms with Crippen LogP contribution in [-0.2, 0) is 6.54 Å². The zero-order chi connectivity index (χ0) is 16.1. The molecule has 2 aromatic carbocycles. The molecule has 5 nitrogen and oxygen atoms in total. The summed E-state index contributed by atoms with van der Waals surface area (Å²) in [5.74, 6) is 1.08. The van der Waals surface area contributed by atoms with Crippen molar-refractivity contribution >= 4 is 45.0 Å². The molecule has 7 heteroatoms. The van der Waals surface area contributed by atoms with Crippen LogP contribution in [0.2, 0.25) is 5.02 Å². The van der Waals surface area contributed by atoms with Gasteiger partial charge in [0.05, 0.1) is 6.20 Å². The molecule has 0 unspecified atom stereocenters. The van der Waals surface area contributed by atoms with Gasteiger partial charge in [0.1, 0.15) is 0 Å². The summed E-state index contributed by atoms with van der Waals surface area (Å²) < 4.78 is 0.979. The second-order valence-electron chi connectivity index (χ2n) is 4.78. The molecule has 0 amide bonds. The van der Waals surface area contributed by atoms with E-state index in [4.69, 9.17) is 11.6 Å². The first-order valence-corrected chi connectivity index (χ1v) is 8.07. The zero-order valence-corrected chi connectivity index (χ0v) is 14.3. The van der Waals surface area contributed by atoms with Crippen molar-refractivity contribution in [1.82, 2.24) is 15.2 Å². The summed E-state index contributed by atoms with van der Waals surface area (Å²) in [5.41, 5.74) is 1.99. The van der Waals surface area contributed by atoms with Gasteiger partial charge in [-0.3, -0.25) is 0 Å². The number of benzene rings is 2. The number of nitrogens with one attached hydrogen (secondary N) is 2. The van der Waals surface area contributed by atoms with Gasteiger partial charge in [-0.2, -0.15) is 10.1 Å². The number of hydrogen-bond acceptors (Lipinski definition) is 5. The highest BCUT2D eigenvalue weighted by Crippen LogP contribution is 2.18. The molecule has 0 aliphatic heterocycles. The summed E-state index contributed by atoms with van der Waals surface area (Å²) in [7, 11) is 0. The van der Waals surface area contributed by atoms with Crippen LogP contribution in [0.4, 0.5) is 17.5 Å². The molecular formula is C16H13BrClN5. The highest BCUT2D eigenvalue weighted by molar-refractivity contribution is 9.10. The maximum atomic E-state index is 5.88. The Balaban J connectivity index is 1.66. The Morgan fingerprint density at radius 3 is 2.70 bits per heavy atom. The Morgan fingerprint density at radius 2 is 1.91 bits per heavy atom. The minimum atomic E-state index is 0.434. The Labute approximate surface area is 147 Å². The highest BCUT2D eigenvalue weighted by atomic mass is 79.9. The predicted molar refractivity (Wildman–Crippen MR) is 96.0 cm³/mol. The molecular weight excluding hydrogens is 378 g/mol. The second kappa shape index (κ2) is 7.39. The third-order valence-electron chi connectivity index (χ3n) is 3.03. The Kier molecular flexibility index (Phi) is 5.05. The van der Waals surface area contributed by atoms with Gasteiger partial charge in [-0.25, -0.2) is 0 Å². The van der Waals surface area contributed by atoms with Gasteiger partial charge in [-0.15, -0.1) is 5.10 Å². The number of nitrogens with zero attached hydrogens (tertiary/aromatic N) is 3. The summed E-state index contributed by atoms with van der Waals surface area (Å²) in [5, 5.41) is 15.0. The van der Waals surface area contributed by atoms with E-state index in [0.717, 1.165) is 20.7 Å². The maximum Gasteiger partial charge on any atom is 0.249 e. The van der Waals surface area contributed by atoms with Crippen molar-refractivity contribution in [2.24, 2.45) is 0 Å². The number of aromatic nitrogens is 3. The Bertz CT molecular complexity index is 794. The van der Waals surface area contributed by atoms with Gasteiger partial charge in [0.15, 0.2) is 5.82 Å². The molecule has 23 heavy (non-hydrogen) atoms. The van der Waals surface area contributed by atoms with Crippen molar-refractivity contribution in [3.05, 3.63) is 69.8 Å². The summed E-state index contributed by atoms with van der Waals surface area (Å²) >= 11 is 9.30. The Hall–Kier alpha value is -2.18. The molecule has 0 aliphatic carbocycles. The summed E-state index contributed by atoms with van der Waals surface area (Å²) in [6, 6.07) is 15.4. The maximum absolute atomic E-state index is 5.88. The van der Waals surface area contributed by atoms with Crippen molar-refractivity contribution in [2.75, 3.05) is 10.6 Å². The molecule has 0 radical (unpaired) electrons. The first-order valence-electron chi connectivity index (χ1n) is 6.90. The zero-order valence-electron chi connectivity index (χ0n) is 12.0. The van der Waals surface area contributed by atoms with Crippen molar-refractivity contribution in [2.45, 2.75) is 6.54 Å². The van der Waals surface area contributed by atoms with Gasteiger partial charge in [-0.1, -0.05) is 45.7 Å². The van der Waals surface area contributed by atoms with Crippen LogP contribution in [-0.4, -0.2) is 15.2 Å². The van der Waals surface area contributed by atoms with Crippen LogP contribution in [0.3, 0.4) is 0 Å². The van der Waals surface area contributed by atoms with E-state index in [1.165, 1.54) is 0 Å². The molecule has 3 rings (SSSR count). The van der Waals surface area contributed by atoms with E-state index in [1.807, 2.05) is 48.5 Å². The van der Waals surface area contributed by atoms with Gasteiger partial charge in [0, 0.05) is 21.7 Å². The molecule has 0 saturated carbocycles. The quantitative estimate of drug-likeness (QED) is 0.664. The van der Waals surface area contributed by atoms with Crippen LogP contribution in [0.1, 0.15) is 5.56 Å². The van der Waals surface area contributed by atoms with Crippen molar-refractivity contribution in [1.29, 1.82) is 0 Å². The van der Waals surface area contributed by atoms with E-state index in [9.17, 15) is 0 Å². The van der Waals surface area contributed by atoms with Gasteiger partial charge >= 0.3 is 0 Å². The summed E-state index contributed by atoms with van der Waals surface area (Å²) in [6.45, 7) is 0.631. The monoisotopic (exact) mass is 389 g/mol. The van der Waals surface area contributed by atoms with Crippen LogP contribution in [0, 0.1) is 0 Å². The highest BCUT2D eigenvalue weighted by Gasteiger charge is 2.02. The topological polar surface area (TPSA) is 62.7 Å². The fourth-order valence-corrected chi connectivity index (χ4v) is 2.46. The molecule has 0 aliphatic rings. The standard InChI is InChI=1S/C16H13BrClN5/c17-12-2-1-3-14(8-12)21-16-22-15(10-20-23-16)19-9-11-4-6-13(18)7-5-11/h1-8,10H,9H2,(H2,19,21,22,23). The lowest BCUT2D eigenvalue weighted by atomic mass is 10.2. The molecule has 3 aromatic rings. The number of rotatable bonds is 5. The lowest BCUT2D eigenvalue weighted by Gasteiger charge is -2.08. The minimum absolute atomic E-state index is 0.434. The molecule has 0 fully saturated rings. The van der Waals surface area contributed by atoms with Crippen LogP contribution in [0.15, 0.2) is 59.2 Å². The van der Waals surface area contributed by atoms with Crippen LogP contribution in [0.5, 0.6) is 0 Å². The molecule has 1 heterocycles.